The van der Waals surface area contributed by atoms with E-state index in [4.69, 9.17) is 4.74 Å². The van der Waals surface area contributed by atoms with Crippen LogP contribution in [0.5, 0.6) is 5.75 Å². The molecular formula is C20H25BrN2O4S. The molecule has 0 aromatic heterocycles. The number of rotatable bonds is 8. The molecule has 8 heteroatoms. The highest BCUT2D eigenvalue weighted by molar-refractivity contribution is 9.10. The minimum atomic E-state index is -3.60. The Morgan fingerprint density at radius 3 is 2.36 bits per heavy atom. The molecule has 2 aromatic rings. The molecule has 0 radical (unpaired) electrons. The van der Waals surface area contributed by atoms with Crippen LogP contribution in [0, 0.1) is 6.92 Å². The fourth-order valence-electron chi connectivity index (χ4n) is 2.53. The molecule has 152 valence electrons. The van der Waals surface area contributed by atoms with Crippen LogP contribution in [0.3, 0.4) is 0 Å². The molecule has 2 aromatic carbocycles. The van der Waals surface area contributed by atoms with Gasteiger partial charge in [0, 0.05) is 11.0 Å². The lowest BCUT2D eigenvalue weighted by Gasteiger charge is -2.22. The summed E-state index contributed by atoms with van der Waals surface area (Å²) in [6, 6.07) is 12.6. The number of halogens is 1. The smallest absolute Gasteiger partial charge is 0.241 e. The molecule has 0 heterocycles. The molecule has 0 bridgehead atoms. The Labute approximate surface area is 175 Å². The minimum Gasteiger partial charge on any atom is -0.491 e. The summed E-state index contributed by atoms with van der Waals surface area (Å²) in [4.78, 5) is 12.4. The van der Waals surface area contributed by atoms with E-state index in [1.54, 1.807) is 18.2 Å². The normalized spacial score (nSPS) is 11.4. The van der Waals surface area contributed by atoms with E-state index in [0.29, 0.717) is 12.2 Å². The van der Waals surface area contributed by atoms with Gasteiger partial charge in [0.2, 0.25) is 15.9 Å². The van der Waals surface area contributed by atoms with E-state index in [1.807, 2.05) is 45.0 Å². The number of anilines is 1. The highest BCUT2D eigenvalue weighted by atomic mass is 79.9. The largest absolute Gasteiger partial charge is 0.491 e. The topological polar surface area (TPSA) is 75.7 Å². The molecule has 0 aliphatic carbocycles. The Hall–Kier alpha value is -2.06. The number of carbonyl (C=O) groups excluding carboxylic acids is 1. The van der Waals surface area contributed by atoms with Gasteiger partial charge in [0.05, 0.1) is 18.0 Å². The number of carbonyl (C=O) groups is 1. The molecule has 28 heavy (non-hydrogen) atoms. The van der Waals surface area contributed by atoms with E-state index >= 15 is 0 Å². The van der Waals surface area contributed by atoms with Gasteiger partial charge in [0.15, 0.2) is 0 Å². The van der Waals surface area contributed by atoms with Gasteiger partial charge in [-0.05, 0) is 62.2 Å². The number of hydrogen-bond donors (Lipinski definition) is 1. The van der Waals surface area contributed by atoms with E-state index in [2.05, 4.69) is 21.2 Å². The summed E-state index contributed by atoms with van der Waals surface area (Å²) in [5.74, 6) is 0.382. The van der Waals surface area contributed by atoms with Crippen LogP contribution in [0.15, 0.2) is 46.9 Å². The van der Waals surface area contributed by atoms with Gasteiger partial charge in [-0.1, -0.05) is 28.1 Å². The summed E-state index contributed by atoms with van der Waals surface area (Å²) in [7, 11) is -3.60. The van der Waals surface area contributed by atoms with Crippen LogP contribution in [-0.4, -0.2) is 33.2 Å². The maximum absolute atomic E-state index is 12.4. The van der Waals surface area contributed by atoms with Crippen molar-refractivity contribution in [1.29, 1.82) is 0 Å². The number of amides is 1. The number of hydrogen-bond acceptors (Lipinski definition) is 4. The van der Waals surface area contributed by atoms with Crippen molar-refractivity contribution in [2.75, 3.05) is 17.1 Å². The molecule has 0 fully saturated rings. The van der Waals surface area contributed by atoms with Crippen LogP contribution >= 0.6 is 15.9 Å². The van der Waals surface area contributed by atoms with E-state index in [9.17, 15) is 13.2 Å². The zero-order valence-electron chi connectivity index (χ0n) is 16.4. The predicted molar refractivity (Wildman–Crippen MR) is 115 cm³/mol. The van der Waals surface area contributed by atoms with Crippen molar-refractivity contribution >= 4 is 37.5 Å². The van der Waals surface area contributed by atoms with Gasteiger partial charge < -0.3 is 10.1 Å². The zero-order chi connectivity index (χ0) is 20.9. The SMILES string of the molecule is Cc1cc(N(CC(=O)NCc2ccc(OC(C)C)cc2)S(C)(=O)=O)ccc1Br. The molecule has 0 unspecified atom stereocenters. The predicted octanol–water partition coefficient (Wildman–Crippen LogP) is 3.63. The quantitative estimate of drug-likeness (QED) is 0.641. The molecule has 6 nitrogen and oxygen atoms in total. The first kappa shape index (κ1) is 22.2. The number of nitrogens with one attached hydrogen (secondary N) is 1. The first-order valence-corrected chi connectivity index (χ1v) is 11.5. The summed E-state index contributed by atoms with van der Waals surface area (Å²) < 4.78 is 31.9. The zero-order valence-corrected chi connectivity index (χ0v) is 18.8. The Morgan fingerprint density at radius 1 is 1.18 bits per heavy atom. The Bertz CT molecular complexity index is 928. The van der Waals surface area contributed by atoms with Crippen LogP contribution < -0.4 is 14.4 Å². The van der Waals surface area contributed by atoms with Crippen molar-refractivity contribution in [1.82, 2.24) is 5.32 Å². The van der Waals surface area contributed by atoms with Gasteiger partial charge in [-0.2, -0.15) is 0 Å². The van der Waals surface area contributed by atoms with Crippen LogP contribution in [0.4, 0.5) is 5.69 Å². The van der Waals surface area contributed by atoms with Crippen molar-refractivity contribution in [2.45, 2.75) is 33.4 Å². The van der Waals surface area contributed by atoms with Gasteiger partial charge in [0.25, 0.3) is 0 Å². The van der Waals surface area contributed by atoms with Gasteiger partial charge in [-0.15, -0.1) is 0 Å². The van der Waals surface area contributed by atoms with Crippen molar-refractivity contribution in [2.24, 2.45) is 0 Å². The summed E-state index contributed by atoms with van der Waals surface area (Å²) >= 11 is 3.39. The highest BCUT2D eigenvalue weighted by Gasteiger charge is 2.21. The molecular weight excluding hydrogens is 444 g/mol. The number of sulfonamides is 1. The van der Waals surface area contributed by atoms with Crippen LogP contribution in [0.25, 0.3) is 0 Å². The third kappa shape index (κ3) is 6.53. The van der Waals surface area contributed by atoms with Crippen molar-refractivity contribution < 1.29 is 17.9 Å². The van der Waals surface area contributed by atoms with E-state index in [1.165, 1.54) is 0 Å². The first-order chi connectivity index (χ1) is 13.1. The average Bonchev–Trinajstić information content (AvgIpc) is 2.60. The standard InChI is InChI=1S/C20H25BrN2O4S/c1-14(2)27-18-8-5-16(6-9-18)12-22-20(24)13-23(28(4,25)26)17-7-10-19(21)15(3)11-17/h5-11,14H,12-13H2,1-4H3,(H,22,24). The molecule has 2 rings (SSSR count). The fraction of sp³-hybridized carbons (Fsp3) is 0.350. The number of aryl methyl sites for hydroxylation is 1. The van der Waals surface area contributed by atoms with Gasteiger partial charge in [-0.25, -0.2) is 8.42 Å². The molecule has 1 amide bonds. The van der Waals surface area contributed by atoms with E-state index < -0.39 is 10.0 Å². The second-order valence-electron chi connectivity index (χ2n) is 6.79. The molecule has 0 saturated heterocycles. The Kier molecular flexibility index (Phi) is 7.48. The monoisotopic (exact) mass is 468 g/mol. The summed E-state index contributed by atoms with van der Waals surface area (Å²) in [6.07, 6.45) is 1.18. The van der Waals surface area contributed by atoms with Crippen LogP contribution in [0.1, 0.15) is 25.0 Å². The van der Waals surface area contributed by atoms with Crippen LogP contribution in [-0.2, 0) is 21.4 Å². The maximum Gasteiger partial charge on any atom is 0.241 e. The highest BCUT2D eigenvalue weighted by Crippen LogP contribution is 2.24. The van der Waals surface area contributed by atoms with Crippen molar-refractivity contribution in [3.63, 3.8) is 0 Å². The first-order valence-electron chi connectivity index (χ1n) is 8.82. The Balaban J connectivity index is 2.03. The third-order valence-electron chi connectivity index (χ3n) is 3.90. The minimum absolute atomic E-state index is 0.0924. The van der Waals surface area contributed by atoms with Gasteiger partial charge in [-0.3, -0.25) is 9.10 Å². The fourth-order valence-corrected chi connectivity index (χ4v) is 3.62. The van der Waals surface area contributed by atoms with E-state index in [0.717, 1.165) is 31.9 Å². The summed E-state index contributed by atoms with van der Waals surface area (Å²) in [5, 5.41) is 2.76. The van der Waals surface area contributed by atoms with E-state index in [-0.39, 0.29) is 18.6 Å². The second-order valence-corrected chi connectivity index (χ2v) is 9.55. The number of ether oxygens (including phenoxy) is 1. The molecule has 0 atom stereocenters. The maximum atomic E-state index is 12.4. The van der Waals surface area contributed by atoms with Crippen molar-refractivity contribution in [3.05, 3.63) is 58.1 Å². The van der Waals surface area contributed by atoms with Crippen molar-refractivity contribution in [3.8, 4) is 5.75 Å². The third-order valence-corrected chi connectivity index (χ3v) is 5.93. The van der Waals surface area contributed by atoms with Gasteiger partial charge >= 0.3 is 0 Å². The molecule has 0 spiro atoms. The van der Waals surface area contributed by atoms with Gasteiger partial charge in [0.1, 0.15) is 12.3 Å². The lowest BCUT2D eigenvalue weighted by Crippen LogP contribution is -2.40. The lowest BCUT2D eigenvalue weighted by atomic mass is 10.2. The summed E-state index contributed by atoms with van der Waals surface area (Å²) in [6.45, 7) is 5.79. The average molecular weight is 469 g/mol. The molecule has 0 saturated carbocycles. The lowest BCUT2D eigenvalue weighted by molar-refractivity contribution is -0.119. The second kappa shape index (κ2) is 9.43. The van der Waals surface area contributed by atoms with Crippen LogP contribution in [0.2, 0.25) is 0 Å². The Morgan fingerprint density at radius 2 is 1.82 bits per heavy atom. The molecule has 1 N–H and O–H groups in total. The number of benzene rings is 2. The number of nitrogens with zero attached hydrogens (tertiary/aromatic N) is 1. The molecule has 0 aliphatic rings. The summed E-state index contributed by atoms with van der Waals surface area (Å²) in [5.41, 5.74) is 2.23. The molecule has 0 aliphatic heterocycles.